The summed E-state index contributed by atoms with van der Waals surface area (Å²) in [5, 5.41) is 9.49. The summed E-state index contributed by atoms with van der Waals surface area (Å²) in [6, 6.07) is 15.1. The Morgan fingerprint density at radius 2 is 1.72 bits per heavy atom. The number of carbonyl (C=O) groups is 3. The van der Waals surface area contributed by atoms with Crippen LogP contribution >= 0.6 is 0 Å². The summed E-state index contributed by atoms with van der Waals surface area (Å²) in [5.74, 6) is -0.615. The van der Waals surface area contributed by atoms with Crippen LogP contribution in [0.15, 0.2) is 67.0 Å². The van der Waals surface area contributed by atoms with Crippen molar-refractivity contribution in [3.63, 3.8) is 0 Å². The fourth-order valence-electron chi connectivity index (χ4n) is 3.14. The van der Waals surface area contributed by atoms with Crippen molar-refractivity contribution < 1.29 is 23.9 Å². The Kier molecular flexibility index (Phi) is 7.58. The van der Waals surface area contributed by atoms with Gasteiger partial charge in [0, 0.05) is 11.8 Å². The molecule has 0 fully saturated rings. The van der Waals surface area contributed by atoms with Crippen molar-refractivity contribution in [3.05, 3.63) is 78.1 Å². The van der Waals surface area contributed by atoms with Gasteiger partial charge in [-0.3, -0.25) is 14.3 Å². The fraction of sp³-hybridized carbons (Fsp3) is 0.217. The van der Waals surface area contributed by atoms with Crippen LogP contribution in [0.4, 0.5) is 5.69 Å². The standard InChI is InChI=1S/C23H24N4O5/c1-31-19-11-7-6-10-17(19)12-20(28)25-18-13-24-27(14-18)15-21(29)26-22(23(30)32-2)16-8-4-3-5-9-16/h3-11,13-14,22H,12,15H2,1-2H3,(H,25,28)(H,26,29)/t22-/m0/s1. The van der Waals surface area contributed by atoms with Crippen LogP contribution in [-0.2, 0) is 32.1 Å². The minimum Gasteiger partial charge on any atom is -0.496 e. The monoisotopic (exact) mass is 436 g/mol. The van der Waals surface area contributed by atoms with Gasteiger partial charge < -0.3 is 20.1 Å². The number of hydrogen-bond acceptors (Lipinski definition) is 6. The number of benzene rings is 2. The normalized spacial score (nSPS) is 11.3. The highest BCUT2D eigenvalue weighted by atomic mass is 16.5. The van der Waals surface area contributed by atoms with Crippen LogP contribution in [0, 0.1) is 0 Å². The highest BCUT2D eigenvalue weighted by Gasteiger charge is 2.23. The molecule has 2 aromatic carbocycles. The number of amides is 2. The number of nitrogens with one attached hydrogen (secondary N) is 2. The number of carbonyl (C=O) groups excluding carboxylic acids is 3. The Morgan fingerprint density at radius 1 is 1.00 bits per heavy atom. The van der Waals surface area contributed by atoms with E-state index in [0.29, 0.717) is 17.0 Å². The molecule has 2 N–H and O–H groups in total. The maximum Gasteiger partial charge on any atom is 0.333 e. The van der Waals surface area contributed by atoms with Crippen molar-refractivity contribution >= 4 is 23.5 Å². The van der Waals surface area contributed by atoms with Crippen LogP contribution < -0.4 is 15.4 Å². The van der Waals surface area contributed by atoms with E-state index in [1.54, 1.807) is 37.4 Å². The van der Waals surface area contributed by atoms with E-state index in [4.69, 9.17) is 9.47 Å². The number of rotatable bonds is 9. The lowest BCUT2D eigenvalue weighted by Crippen LogP contribution is -2.36. The zero-order valence-electron chi connectivity index (χ0n) is 17.8. The Labute approximate surface area is 185 Å². The number of anilines is 1. The molecule has 0 aliphatic heterocycles. The van der Waals surface area contributed by atoms with Crippen LogP contribution in [0.2, 0.25) is 0 Å². The molecule has 0 aliphatic carbocycles. The van der Waals surface area contributed by atoms with Gasteiger partial charge in [-0.05, 0) is 11.6 Å². The van der Waals surface area contributed by atoms with Crippen LogP contribution in [0.5, 0.6) is 5.75 Å². The molecular weight excluding hydrogens is 412 g/mol. The van der Waals surface area contributed by atoms with E-state index in [9.17, 15) is 14.4 Å². The molecule has 2 amide bonds. The summed E-state index contributed by atoms with van der Waals surface area (Å²) in [6.45, 7) is -0.136. The molecule has 0 unspecified atom stereocenters. The van der Waals surface area contributed by atoms with Crippen molar-refractivity contribution in [1.82, 2.24) is 15.1 Å². The zero-order valence-corrected chi connectivity index (χ0v) is 17.8. The van der Waals surface area contributed by atoms with Crippen LogP contribution in [0.25, 0.3) is 0 Å². The van der Waals surface area contributed by atoms with Crippen LogP contribution in [0.3, 0.4) is 0 Å². The van der Waals surface area contributed by atoms with Gasteiger partial charge in [-0.1, -0.05) is 48.5 Å². The van der Waals surface area contributed by atoms with Crippen molar-refractivity contribution in [2.45, 2.75) is 19.0 Å². The van der Waals surface area contributed by atoms with E-state index >= 15 is 0 Å². The number of esters is 1. The lowest BCUT2D eigenvalue weighted by molar-refractivity contribution is -0.145. The minimum atomic E-state index is -0.927. The van der Waals surface area contributed by atoms with Gasteiger partial charge in [-0.2, -0.15) is 5.10 Å². The molecule has 1 aromatic heterocycles. The van der Waals surface area contributed by atoms with Crippen molar-refractivity contribution in [1.29, 1.82) is 0 Å². The Bertz CT molecular complexity index is 1080. The lowest BCUT2D eigenvalue weighted by atomic mass is 10.1. The Balaban J connectivity index is 1.58. The zero-order chi connectivity index (χ0) is 22.9. The molecule has 9 heteroatoms. The second kappa shape index (κ2) is 10.8. The predicted octanol–water partition coefficient (Wildman–Crippen LogP) is 2.10. The summed E-state index contributed by atoms with van der Waals surface area (Å²) in [4.78, 5) is 36.9. The molecule has 32 heavy (non-hydrogen) atoms. The van der Waals surface area contributed by atoms with E-state index in [0.717, 1.165) is 5.56 Å². The van der Waals surface area contributed by atoms with Gasteiger partial charge in [0.1, 0.15) is 12.3 Å². The maximum atomic E-state index is 12.5. The summed E-state index contributed by atoms with van der Waals surface area (Å²) in [5.41, 5.74) is 1.82. The van der Waals surface area contributed by atoms with Gasteiger partial charge in [-0.25, -0.2) is 4.79 Å². The number of methoxy groups -OCH3 is 2. The first-order valence-electron chi connectivity index (χ1n) is 9.86. The average Bonchev–Trinajstić information content (AvgIpc) is 3.24. The first kappa shape index (κ1) is 22.5. The number of ether oxygens (including phenoxy) is 2. The molecule has 0 aliphatic rings. The molecule has 3 rings (SSSR count). The Hall–Kier alpha value is -4.14. The molecule has 0 spiro atoms. The third-order valence-electron chi connectivity index (χ3n) is 4.64. The number of aromatic nitrogens is 2. The number of hydrogen-bond donors (Lipinski definition) is 2. The fourth-order valence-corrected chi connectivity index (χ4v) is 3.14. The van der Waals surface area contributed by atoms with E-state index in [-0.39, 0.29) is 18.9 Å². The summed E-state index contributed by atoms with van der Waals surface area (Å²) in [6.07, 6.45) is 3.12. The van der Waals surface area contributed by atoms with Crippen molar-refractivity contribution in [2.75, 3.05) is 19.5 Å². The molecule has 0 saturated heterocycles. The largest absolute Gasteiger partial charge is 0.496 e. The SMILES string of the molecule is COC(=O)[C@@H](NC(=O)Cn1cc(NC(=O)Cc2ccccc2OC)cn1)c1ccccc1. The second-order valence-corrected chi connectivity index (χ2v) is 6.90. The highest BCUT2D eigenvalue weighted by Crippen LogP contribution is 2.18. The second-order valence-electron chi connectivity index (χ2n) is 6.90. The topological polar surface area (TPSA) is 112 Å². The number of nitrogens with zero attached hydrogens (tertiary/aromatic N) is 2. The first-order valence-corrected chi connectivity index (χ1v) is 9.86. The Morgan fingerprint density at radius 3 is 2.44 bits per heavy atom. The molecule has 1 heterocycles. The first-order chi connectivity index (χ1) is 15.5. The molecule has 166 valence electrons. The summed E-state index contributed by atoms with van der Waals surface area (Å²) in [7, 11) is 2.81. The van der Waals surface area contributed by atoms with Gasteiger partial charge >= 0.3 is 5.97 Å². The molecule has 0 radical (unpaired) electrons. The average molecular weight is 436 g/mol. The van der Waals surface area contributed by atoms with Crippen molar-refractivity contribution in [2.24, 2.45) is 0 Å². The predicted molar refractivity (Wildman–Crippen MR) is 117 cm³/mol. The molecule has 0 bridgehead atoms. The molecule has 9 nitrogen and oxygen atoms in total. The van der Waals surface area contributed by atoms with E-state index < -0.39 is 17.9 Å². The third-order valence-corrected chi connectivity index (χ3v) is 4.64. The van der Waals surface area contributed by atoms with Gasteiger partial charge in [0.25, 0.3) is 0 Å². The molecule has 3 aromatic rings. The van der Waals surface area contributed by atoms with Crippen molar-refractivity contribution in [3.8, 4) is 5.75 Å². The maximum absolute atomic E-state index is 12.5. The third kappa shape index (κ3) is 5.94. The molecule has 0 saturated carbocycles. The highest BCUT2D eigenvalue weighted by molar-refractivity contribution is 5.92. The van der Waals surface area contributed by atoms with E-state index in [1.807, 2.05) is 24.3 Å². The van der Waals surface area contributed by atoms with E-state index in [1.165, 1.54) is 24.2 Å². The summed E-state index contributed by atoms with van der Waals surface area (Å²) < 4.78 is 11.4. The van der Waals surface area contributed by atoms with Gasteiger partial charge in [-0.15, -0.1) is 0 Å². The van der Waals surface area contributed by atoms with Gasteiger partial charge in [0.05, 0.1) is 32.5 Å². The quantitative estimate of drug-likeness (QED) is 0.497. The van der Waals surface area contributed by atoms with Gasteiger partial charge in [0.2, 0.25) is 11.8 Å². The number of para-hydroxylation sites is 1. The van der Waals surface area contributed by atoms with Crippen LogP contribution in [0.1, 0.15) is 17.2 Å². The molecular formula is C23H24N4O5. The smallest absolute Gasteiger partial charge is 0.333 e. The minimum absolute atomic E-state index is 0.133. The van der Waals surface area contributed by atoms with E-state index in [2.05, 4.69) is 15.7 Å². The lowest BCUT2D eigenvalue weighted by Gasteiger charge is -2.16. The molecule has 1 atom stereocenters. The van der Waals surface area contributed by atoms with Crippen LogP contribution in [-0.4, -0.2) is 41.8 Å². The summed E-state index contributed by atoms with van der Waals surface area (Å²) >= 11 is 0. The van der Waals surface area contributed by atoms with Gasteiger partial charge in [0.15, 0.2) is 6.04 Å².